The predicted octanol–water partition coefficient (Wildman–Crippen LogP) is 4.12. The average molecular weight is 327 g/mol. The zero-order valence-electron chi connectivity index (χ0n) is 14.5. The van der Waals surface area contributed by atoms with E-state index in [1.165, 1.54) is 5.19 Å². The van der Waals surface area contributed by atoms with Crippen molar-refractivity contribution < 1.29 is 9.53 Å². The summed E-state index contributed by atoms with van der Waals surface area (Å²) < 4.78 is 5.74. The van der Waals surface area contributed by atoms with E-state index in [0.717, 1.165) is 12.0 Å². The van der Waals surface area contributed by atoms with Crippen LogP contribution in [0.4, 0.5) is 0 Å². The predicted molar refractivity (Wildman–Crippen MR) is 98.5 cm³/mol. The summed E-state index contributed by atoms with van der Waals surface area (Å²) in [6, 6.07) is 20.3. The Labute approximate surface area is 140 Å². The highest BCUT2D eigenvalue weighted by Gasteiger charge is 2.40. The molecule has 2 aromatic rings. The maximum atomic E-state index is 13.4. The van der Waals surface area contributed by atoms with Gasteiger partial charge in [0.05, 0.1) is 6.10 Å². The van der Waals surface area contributed by atoms with E-state index in [2.05, 4.69) is 32.2 Å². The lowest BCUT2D eigenvalue weighted by molar-refractivity contribution is -0.120. The van der Waals surface area contributed by atoms with Gasteiger partial charge in [-0.15, -0.1) is 0 Å². The summed E-state index contributed by atoms with van der Waals surface area (Å²) in [7, 11) is -0.499. The molecule has 0 aliphatic heterocycles. The van der Waals surface area contributed by atoms with Crippen LogP contribution >= 0.6 is 0 Å². The molecule has 0 heterocycles. The summed E-state index contributed by atoms with van der Waals surface area (Å²) in [5.41, 5.74) is 1.08. The van der Waals surface area contributed by atoms with Crippen LogP contribution in [0.3, 0.4) is 0 Å². The molecule has 0 saturated carbocycles. The number of methoxy groups -OCH3 is 1. The lowest BCUT2D eigenvalue weighted by Crippen LogP contribution is -2.53. The molecule has 2 nitrogen and oxygen atoms in total. The first kappa shape index (κ1) is 17.6. The Morgan fingerprint density at radius 3 is 2.00 bits per heavy atom. The number of benzene rings is 2. The molecule has 23 heavy (non-hydrogen) atoms. The molecule has 2 aromatic carbocycles. The smallest absolute Gasteiger partial charge is 0.157 e. The second kappa shape index (κ2) is 7.71. The lowest BCUT2D eigenvalue weighted by atomic mass is 9.94. The summed E-state index contributed by atoms with van der Waals surface area (Å²) in [5.74, 6) is -0.107. The van der Waals surface area contributed by atoms with Crippen molar-refractivity contribution in [2.75, 3.05) is 7.11 Å². The zero-order valence-corrected chi connectivity index (χ0v) is 15.5. The van der Waals surface area contributed by atoms with Crippen LogP contribution in [0.2, 0.25) is 13.1 Å². The molecule has 0 aromatic heterocycles. The van der Waals surface area contributed by atoms with Crippen LogP contribution in [-0.2, 0) is 9.53 Å². The number of ether oxygens (including phenoxy) is 1. The summed E-state index contributed by atoms with van der Waals surface area (Å²) in [5, 5.41) is 1.55. The second-order valence-electron chi connectivity index (χ2n) is 6.44. The van der Waals surface area contributed by atoms with Gasteiger partial charge in [-0.2, -0.15) is 0 Å². The number of hydrogen-bond acceptors (Lipinski definition) is 2. The number of rotatable bonds is 7. The van der Waals surface area contributed by atoms with Crippen LogP contribution < -0.4 is 5.19 Å². The Kier molecular flexibility index (Phi) is 5.91. The van der Waals surface area contributed by atoms with Crippen molar-refractivity contribution in [2.24, 2.45) is 5.92 Å². The van der Waals surface area contributed by atoms with Gasteiger partial charge in [0.25, 0.3) is 0 Å². The van der Waals surface area contributed by atoms with Gasteiger partial charge in [0, 0.05) is 13.0 Å². The van der Waals surface area contributed by atoms with E-state index in [9.17, 15) is 4.79 Å². The molecule has 0 amide bonds. The Balaban J connectivity index is 2.34. The fourth-order valence-electron chi connectivity index (χ4n) is 3.17. The molecule has 3 heteroatoms. The number of carbonyl (C=O) groups excluding carboxylic acids is 1. The van der Waals surface area contributed by atoms with Gasteiger partial charge in [-0.1, -0.05) is 85.9 Å². The molecule has 0 radical (unpaired) electrons. The summed E-state index contributed by atoms with van der Waals surface area (Å²) in [6.45, 7) is 6.36. The molecule has 0 bridgehead atoms. The lowest BCUT2D eigenvalue weighted by Gasteiger charge is -2.31. The van der Waals surface area contributed by atoms with Gasteiger partial charge in [-0.25, -0.2) is 0 Å². The van der Waals surface area contributed by atoms with Gasteiger partial charge in [0.15, 0.2) is 8.07 Å². The highest BCUT2D eigenvalue weighted by molar-refractivity contribution is 7.13. The van der Waals surface area contributed by atoms with E-state index >= 15 is 0 Å². The molecular weight excluding hydrogens is 300 g/mol. The van der Waals surface area contributed by atoms with Crippen molar-refractivity contribution >= 4 is 18.7 Å². The maximum Gasteiger partial charge on any atom is 0.157 e. The molecule has 0 spiro atoms. The first-order valence-corrected chi connectivity index (χ1v) is 11.2. The SMILES string of the molecule is CC[C@H](C(=O)[Si](C)(C)c1ccccc1)[C@@H](OC)c1ccccc1. The van der Waals surface area contributed by atoms with Gasteiger partial charge >= 0.3 is 0 Å². The third kappa shape index (κ3) is 3.79. The van der Waals surface area contributed by atoms with E-state index in [1.807, 2.05) is 48.5 Å². The van der Waals surface area contributed by atoms with Gasteiger partial charge in [0.2, 0.25) is 0 Å². The van der Waals surface area contributed by atoms with Crippen LogP contribution in [0.25, 0.3) is 0 Å². The molecule has 0 aliphatic carbocycles. The fourth-order valence-corrected chi connectivity index (χ4v) is 5.77. The Hall–Kier alpha value is -1.71. The van der Waals surface area contributed by atoms with E-state index in [4.69, 9.17) is 4.74 Å². The standard InChI is InChI=1S/C20H26O2Si/c1-5-18(19(22-2)16-12-8-6-9-13-16)20(21)23(3,4)17-14-10-7-11-15-17/h6-15,18-19H,5H2,1-4H3/t18-,19-/m0/s1. The third-order valence-corrected chi connectivity index (χ3v) is 8.02. The van der Waals surface area contributed by atoms with Crippen molar-refractivity contribution in [3.63, 3.8) is 0 Å². The van der Waals surface area contributed by atoms with Gasteiger partial charge < -0.3 is 9.53 Å². The third-order valence-electron chi connectivity index (χ3n) is 4.64. The van der Waals surface area contributed by atoms with E-state index in [0.29, 0.717) is 5.41 Å². The van der Waals surface area contributed by atoms with Gasteiger partial charge in [-0.05, 0) is 12.0 Å². The summed E-state index contributed by atoms with van der Waals surface area (Å²) in [4.78, 5) is 13.4. The first-order chi connectivity index (χ1) is 11.0. The monoisotopic (exact) mass is 326 g/mol. The summed E-state index contributed by atoms with van der Waals surface area (Å²) in [6.07, 6.45) is 0.611. The van der Waals surface area contributed by atoms with Crippen LogP contribution in [0.5, 0.6) is 0 Å². The molecule has 0 N–H and O–H groups in total. The molecule has 0 fully saturated rings. The fraction of sp³-hybridized carbons (Fsp3) is 0.350. The minimum atomic E-state index is -2.20. The van der Waals surface area contributed by atoms with Crippen LogP contribution in [0, 0.1) is 5.92 Å². The second-order valence-corrected chi connectivity index (χ2v) is 10.8. The summed E-state index contributed by atoms with van der Waals surface area (Å²) >= 11 is 0. The maximum absolute atomic E-state index is 13.4. The molecule has 2 atom stereocenters. The number of carbonyl (C=O) groups is 1. The van der Waals surface area contributed by atoms with Crippen molar-refractivity contribution in [2.45, 2.75) is 32.5 Å². The van der Waals surface area contributed by atoms with Crippen LogP contribution in [-0.4, -0.2) is 20.6 Å². The Morgan fingerprint density at radius 2 is 1.52 bits per heavy atom. The number of hydrogen-bond donors (Lipinski definition) is 0. The highest BCUT2D eigenvalue weighted by Crippen LogP contribution is 2.31. The van der Waals surface area contributed by atoms with E-state index in [-0.39, 0.29) is 12.0 Å². The van der Waals surface area contributed by atoms with E-state index < -0.39 is 8.07 Å². The van der Waals surface area contributed by atoms with E-state index in [1.54, 1.807) is 7.11 Å². The quantitative estimate of drug-likeness (QED) is 0.715. The van der Waals surface area contributed by atoms with Crippen molar-refractivity contribution in [3.8, 4) is 0 Å². The van der Waals surface area contributed by atoms with Crippen molar-refractivity contribution in [3.05, 3.63) is 66.2 Å². The van der Waals surface area contributed by atoms with Gasteiger partial charge in [-0.3, -0.25) is 0 Å². The molecule has 122 valence electrons. The highest BCUT2D eigenvalue weighted by atomic mass is 28.3. The molecular formula is C20H26O2Si. The molecule has 0 aliphatic rings. The van der Waals surface area contributed by atoms with Crippen LogP contribution in [0.15, 0.2) is 60.7 Å². The normalized spacial score (nSPS) is 14.3. The average Bonchev–Trinajstić information content (AvgIpc) is 2.60. The molecule has 0 saturated heterocycles. The molecule has 0 unspecified atom stereocenters. The van der Waals surface area contributed by atoms with Gasteiger partial charge in [0.1, 0.15) is 5.41 Å². The molecule has 2 rings (SSSR count). The zero-order chi connectivity index (χ0) is 16.9. The Morgan fingerprint density at radius 1 is 1.00 bits per heavy atom. The van der Waals surface area contributed by atoms with Crippen LogP contribution in [0.1, 0.15) is 25.0 Å². The largest absolute Gasteiger partial charge is 0.376 e. The van der Waals surface area contributed by atoms with Crippen molar-refractivity contribution in [1.82, 2.24) is 0 Å². The van der Waals surface area contributed by atoms with Crippen molar-refractivity contribution in [1.29, 1.82) is 0 Å². The minimum absolute atomic E-state index is 0.107. The Bertz CT molecular complexity index is 623. The minimum Gasteiger partial charge on any atom is -0.376 e. The first-order valence-electron chi connectivity index (χ1n) is 8.20. The topological polar surface area (TPSA) is 26.3 Å².